The van der Waals surface area contributed by atoms with Gasteiger partial charge in [0.25, 0.3) is 0 Å². The van der Waals surface area contributed by atoms with E-state index < -0.39 is 5.60 Å². The number of para-hydroxylation sites is 1. The van der Waals surface area contributed by atoms with Crippen LogP contribution in [-0.4, -0.2) is 48.0 Å². The lowest BCUT2D eigenvalue weighted by molar-refractivity contribution is -0.127. The Balaban J connectivity index is 1.19. The second-order valence-corrected chi connectivity index (χ2v) is 11.9. The van der Waals surface area contributed by atoms with Crippen molar-refractivity contribution >= 4 is 0 Å². The van der Waals surface area contributed by atoms with E-state index in [1.54, 1.807) is 0 Å². The van der Waals surface area contributed by atoms with E-state index in [1.807, 2.05) is 24.3 Å². The molecule has 2 aromatic rings. The van der Waals surface area contributed by atoms with Crippen molar-refractivity contribution in [3.05, 3.63) is 66.2 Å². The molecule has 0 aromatic heterocycles. The van der Waals surface area contributed by atoms with Crippen LogP contribution in [0.25, 0.3) is 0 Å². The Labute approximate surface area is 224 Å². The van der Waals surface area contributed by atoms with Crippen LogP contribution in [0.1, 0.15) is 83.1 Å². The lowest BCUT2D eigenvalue weighted by Gasteiger charge is -2.46. The van der Waals surface area contributed by atoms with Crippen LogP contribution in [0.5, 0.6) is 5.75 Å². The zero-order valence-corrected chi connectivity index (χ0v) is 22.8. The van der Waals surface area contributed by atoms with Crippen LogP contribution in [0, 0.1) is 11.8 Å². The molecule has 0 bridgehead atoms. The van der Waals surface area contributed by atoms with Gasteiger partial charge in [0.2, 0.25) is 0 Å². The van der Waals surface area contributed by atoms with E-state index in [2.05, 4.69) is 48.2 Å². The smallest absolute Gasteiger partial charge is 0.119 e. The molecule has 202 valence electrons. The lowest BCUT2D eigenvalue weighted by atomic mass is 9.80. The Bertz CT molecular complexity index is 931. The molecule has 3 aliphatic rings. The minimum atomic E-state index is -0.880. The Morgan fingerprint density at radius 2 is 1.51 bits per heavy atom. The lowest BCUT2D eigenvalue weighted by Crippen LogP contribution is -2.54. The van der Waals surface area contributed by atoms with Crippen LogP contribution in [0.15, 0.2) is 60.7 Å². The van der Waals surface area contributed by atoms with Gasteiger partial charge in [0.1, 0.15) is 18.0 Å². The molecular weight excluding hydrogens is 458 g/mol. The molecule has 37 heavy (non-hydrogen) atoms. The fourth-order valence-corrected chi connectivity index (χ4v) is 7.45. The number of ether oxygens (including phenoxy) is 2. The molecule has 0 amide bonds. The van der Waals surface area contributed by atoms with Crippen molar-refractivity contribution in [2.24, 2.45) is 11.8 Å². The van der Waals surface area contributed by atoms with E-state index in [0.717, 1.165) is 50.3 Å². The second-order valence-electron chi connectivity index (χ2n) is 11.9. The van der Waals surface area contributed by atoms with E-state index in [9.17, 15) is 5.11 Å². The average molecular weight is 506 g/mol. The van der Waals surface area contributed by atoms with Crippen molar-refractivity contribution in [2.45, 2.75) is 94.8 Å². The van der Waals surface area contributed by atoms with Gasteiger partial charge in [0.05, 0.1) is 18.2 Å². The molecule has 4 nitrogen and oxygen atoms in total. The van der Waals surface area contributed by atoms with Gasteiger partial charge in [-0.1, -0.05) is 81.1 Å². The van der Waals surface area contributed by atoms with Crippen LogP contribution in [0.2, 0.25) is 0 Å². The predicted molar refractivity (Wildman–Crippen MR) is 150 cm³/mol. The van der Waals surface area contributed by atoms with Crippen molar-refractivity contribution in [1.29, 1.82) is 0 Å². The van der Waals surface area contributed by atoms with Crippen LogP contribution < -0.4 is 4.74 Å². The molecule has 2 unspecified atom stereocenters. The minimum absolute atomic E-state index is 0.180. The summed E-state index contributed by atoms with van der Waals surface area (Å²) in [5, 5.41) is 12.0. The molecule has 0 radical (unpaired) electrons. The Morgan fingerprint density at radius 3 is 2.14 bits per heavy atom. The summed E-state index contributed by atoms with van der Waals surface area (Å²) >= 11 is 0. The maximum atomic E-state index is 12.0. The largest absolute Gasteiger partial charge is 0.492 e. The highest BCUT2D eigenvalue weighted by Crippen LogP contribution is 2.42. The summed E-state index contributed by atoms with van der Waals surface area (Å²) in [4.78, 5) is 2.74. The van der Waals surface area contributed by atoms with E-state index in [1.165, 1.54) is 51.4 Å². The van der Waals surface area contributed by atoms with E-state index >= 15 is 0 Å². The zero-order valence-electron chi connectivity index (χ0n) is 22.8. The first kappa shape index (κ1) is 26.7. The van der Waals surface area contributed by atoms with E-state index in [-0.39, 0.29) is 11.6 Å². The highest BCUT2D eigenvalue weighted by molar-refractivity contribution is 5.24. The van der Waals surface area contributed by atoms with Gasteiger partial charge < -0.3 is 14.6 Å². The summed E-state index contributed by atoms with van der Waals surface area (Å²) in [6.45, 7) is 5.69. The number of aliphatic hydroxyl groups is 1. The third-order valence-electron chi connectivity index (χ3n) is 9.75. The number of hydrogen-bond acceptors (Lipinski definition) is 4. The van der Waals surface area contributed by atoms with Crippen LogP contribution in [0.3, 0.4) is 0 Å². The first-order chi connectivity index (χ1) is 18.1. The van der Waals surface area contributed by atoms with Gasteiger partial charge in [-0.05, 0) is 87.6 Å². The third kappa shape index (κ3) is 6.08. The molecule has 2 aliphatic carbocycles. The van der Waals surface area contributed by atoms with Gasteiger partial charge in [-0.25, -0.2) is 0 Å². The van der Waals surface area contributed by atoms with Gasteiger partial charge in [-0.3, -0.25) is 4.90 Å². The van der Waals surface area contributed by atoms with Gasteiger partial charge in [-0.2, -0.15) is 0 Å². The zero-order chi connectivity index (χ0) is 25.6. The summed E-state index contributed by atoms with van der Waals surface area (Å²) in [5.74, 6) is 1.83. The number of likely N-dealkylation sites (tertiary alicyclic amines) is 1. The van der Waals surface area contributed by atoms with E-state index in [0.29, 0.717) is 18.4 Å². The van der Waals surface area contributed by atoms with Gasteiger partial charge in [-0.15, -0.1) is 0 Å². The molecule has 2 atom stereocenters. The monoisotopic (exact) mass is 505 g/mol. The average Bonchev–Trinajstić information content (AvgIpc) is 3.68. The first-order valence-corrected chi connectivity index (χ1v) is 15.0. The summed E-state index contributed by atoms with van der Waals surface area (Å²) in [6, 6.07) is 20.6. The van der Waals surface area contributed by atoms with Gasteiger partial charge >= 0.3 is 0 Å². The van der Waals surface area contributed by atoms with Crippen molar-refractivity contribution in [3.8, 4) is 5.75 Å². The molecule has 5 rings (SSSR count). The van der Waals surface area contributed by atoms with Gasteiger partial charge in [0, 0.05) is 0 Å². The fourth-order valence-electron chi connectivity index (χ4n) is 7.45. The third-order valence-corrected chi connectivity index (χ3v) is 9.75. The number of rotatable bonds is 11. The van der Waals surface area contributed by atoms with E-state index in [4.69, 9.17) is 9.47 Å². The molecule has 1 N–H and O–H groups in total. The number of piperidine rings is 1. The molecule has 3 fully saturated rings. The highest BCUT2D eigenvalue weighted by atomic mass is 16.5. The maximum absolute atomic E-state index is 12.0. The summed E-state index contributed by atoms with van der Waals surface area (Å²) in [5.41, 5.74) is 0.321. The Morgan fingerprint density at radius 1 is 0.892 bits per heavy atom. The topological polar surface area (TPSA) is 41.9 Å². The Kier molecular flexibility index (Phi) is 8.89. The maximum Gasteiger partial charge on any atom is 0.119 e. The molecule has 0 spiro atoms. The highest BCUT2D eigenvalue weighted by Gasteiger charge is 2.44. The minimum Gasteiger partial charge on any atom is -0.492 e. The predicted octanol–water partition coefficient (Wildman–Crippen LogP) is 6.96. The molecule has 1 saturated heterocycles. The summed E-state index contributed by atoms with van der Waals surface area (Å²) < 4.78 is 13.0. The quantitative estimate of drug-likeness (QED) is 0.358. The number of benzene rings is 2. The fraction of sp³-hybridized carbons (Fsp3) is 0.636. The van der Waals surface area contributed by atoms with Crippen LogP contribution in [0.4, 0.5) is 0 Å². The number of nitrogens with zero attached hydrogens (tertiary/aromatic N) is 1. The standard InChI is InChI=1S/C33H47NO3/c1-2-31(37-26-33(35,29-15-9-10-16-29)28-13-5-3-6-14-28)27-19-23-34(24-20-27)32(21-11-12-22-32)25-36-30-17-7-4-8-18-30/h3-8,13-14,17-18,27,29,31,35H,2,9-12,15-16,19-26H2,1H3. The molecule has 4 heteroatoms. The van der Waals surface area contributed by atoms with Crippen molar-refractivity contribution in [2.75, 3.05) is 26.3 Å². The number of hydrogen-bond donors (Lipinski definition) is 1. The van der Waals surface area contributed by atoms with Crippen LogP contribution >= 0.6 is 0 Å². The van der Waals surface area contributed by atoms with Crippen molar-refractivity contribution in [3.63, 3.8) is 0 Å². The van der Waals surface area contributed by atoms with Crippen molar-refractivity contribution < 1.29 is 14.6 Å². The normalized spacial score (nSPS) is 23.6. The second kappa shape index (κ2) is 12.3. The molecule has 2 aromatic carbocycles. The van der Waals surface area contributed by atoms with Crippen molar-refractivity contribution in [1.82, 2.24) is 4.90 Å². The molecule has 2 saturated carbocycles. The molecule has 1 heterocycles. The molecular formula is C33H47NO3. The summed E-state index contributed by atoms with van der Waals surface area (Å²) in [6.07, 6.45) is 13.2. The SMILES string of the molecule is CCC(OCC(O)(c1ccccc1)C1CCCC1)C1CCN(C2(COc3ccccc3)CCCC2)CC1. The van der Waals surface area contributed by atoms with Crippen LogP contribution in [-0.2, 0) is 10.3 Å². The summed E-state index contributed by atoms with van der Waals surface area (Å²) in [7, 11) is 0. The Hall–Kier alpha value is -1.88. The molecule has 1 aliphatic heterocycles. The van der Waals surface area contributed by atoms with Gasteiger partial charge in [0.15, 0.2) is 0 Å². The first-order valence-electron chi connectivity index (χ1n) is 15.0.